The van der Waals surface area contributed by atoms with Gasteiger partial charge in [0, 0.05) is 6.08 Å². The maximum absolute atomic E-state index is 12.7. The lowest BCUT2D eigenvalue weighted by Crippen LogP contribution is -2.51. The quantitative estimate of drug-likeness (QED) is 0.708. The molecule has 0 saturated heterocycles. The van der Waals surface area contributed by atoms with E-state index in [9.17, 15) is 9.90 Å². The van der Waals surface area contributed by atoms with Crippen molar-refractivity contribution < 1.29 is 9.90 Å². The lowest BCUT2D eigenvalue weighted by molar-refractivity contribution is -0.130. The molecule has 0 aromatic carbocycles. The van der Waals surface area contributed by atoms with Crippen LogP contribution in [0.3, 0.4) is 0 Å². The van der Waals surface area contributed by atoms with Gasteiger partial charge in [0.2, 0.25) is 0 Å². The van der Waals surface area contributed by atoms with Crippen LogP contribution in [-0.2, 0) is 4.79 Å². The number of carbonyl (C=O) groups is 1. The molecule has 0 aliphatic heterocycles. The molecule has 4 aliphatic rings. The molecule has 5 atom stereocenters. The fourth-order valence-electron chi connectivity index (χ4n) is 6.29. The summed E-state index contributed by atoms with van der Waals surface area (Å²) in [5, 5.41) is 9.78. The van der Waals surface area contributed by atoms with Gasteiger partial charge in [-0.1, -0.05) is 18.9 Å². The lowest BCUT2D eigenvalue weighted by atomic mass is 9.48. The highest BCUT2D eigenvalue weighted by molar-refractivity contribution is 5.99. The number of aliphatic hydroxyl groups excluding tert-OH is 1. The highest BCUT2D eigenvalue weighted by Gasteiger charge is 2.58. The van der Waals surface area contributed by atoms with Gasteiger partial charge in [0.1, 0.15) is 5.76 Å². The van der Waals surface area contributed by atoms with Crippen LogP contribution in [0.5, 0.6) is 0 Å². The Kier molecular flexibility index (Phi) is 2.75. The number of carbonyl (C=O) groups excluding carboxylic acids is 1. The van der Waals surface area contributed by atoms with Gasteiger partial charge in [-0.2, -0.15) is 0 Å². The van der Waals surface area contributed by atoms with E-state index < -0.39 is 0 Å². The molecule has 0 heterocycles. The Morgan fingerprint density at radius 2 is 1.90 bits per heavy atom. The van der Waals surface area contributed by atoms with Gasteiger partial charge in [-0.15, -0.1) is 0 Å². The van der Waals surface area contributed by atoms with Crippen molar-refractivity contribution in [1.29, 1.82) is 0 Å². The summed E-state index contributed by atoms with van der Waals surface area (Å²) >= 11 is 0. The number of aliphatic hydroxyl groups is 1. The molecule has 2 heteroatoms. The molecule has 0 aromatic heterocycles. The molecule has 0 bridgehead atoms. The Labute approximate surface area is 127 Å². The van der Waals surface area contributed by atoms with Crippen molar-refractivity contribution in [2.75, 3.05) is 0 Å². The number of rotatable bonds is 0. The van der Waals surface area contributed by atoms with Crippen LogP contribution >= 0.6 is 0 Å². The van der Waals surface area contributed by atoms with Crippen LogP contribution in [0.1, 0.15) is 58.8 Å². The largest absolute Gasteiger partial charge is 0.508 e. The Bertz CT molecular complexity index is 558. The normalized spacial score (nSPS) is 48.9. The molecule has 0 amide bonds. The summed E-state index contributed by atoms with van der Waals surface area (Å²) in [4.78, 5) is 12.7. The molecule has 3 fully saturated rings. The molecule has 114 valence electrons. The topological polar surface area (TPSA) is 37.3 Å². The van der Waals surface area contributed by atoms with Gasteiger partial charge in [-0.05, 0) is 74.7 Å². The lowest BCUT2D eigenvalue weighted by Gasteiger charge is -2.56. The summed E-state index contributed by atoms with van der Waals surface area (Å²) in [5.41, 5.74) is 1.39. The van der Waals surface area contributed by atoms with E-state index in [1.54, 1.807) is 0 Å². The van der Waals surface area contributed by atoms with Crippen LogP contribution in [-0.4, -0.2) is 10.9 Å². The predicted octanol–water partition coefficient (Wildman–Crippen LogP) is 4.57. The van der Waals surface area contributed by atoms with E-state index in [-0.39, 0.29) is 17.0 Å². The second-order valence-electron chi connectivity index (χ2n) is 8.31. The van der Waals surface area contributed by atoms with Gasteiger partial charge in [0.05, 0.1) is 5.41 Å². The first-order valence-electron chi connectivity index (χ1n) is 8.61. The van der Waals surface area contributed by atoms with E-state index >= 15 is 0 Å². The summed E-state index contributed by atoms with van der Waals surface area (Å²) in [5.74, 6) is 2.33. The van der Waals surface area contributed by atoms with Crippen LogP contribution in [0, 0.1) is 28.6 Å². The van der Waals surface area contributed by atoms with E-state index in [1.165, 1.54) is 50.2 Å². The van der Waals surface area contributed by atoms with Crippen LogP contribution in [0.2, 0.25) is 0 Å². The van der Waals surface area contributed by atoms with Gasteiger partial charge >= 0.3 is 0 Å². The first-order valence-corrected chi connectivity index (χ1v) is 8.61. The minimum Gasteiger partial charge on any atom is -0.508 e. The first-order chi connectivity index (χ1) is 9.95. The van der Waals surface area contributed by atoms with Crippen molar-refractivity contribution in [3.8, 4) is 0 Å². The van der Waals surface area contributed by atoms with Gasteiger partial charge < -0.3 is 5.11 Å². The zero-order chi connectivity index (χ0) is 14.8. The fraction of sp³-hybridized carbons (Fsp3) is 0.737. The number of fused-ring (bicyclic) bond motifs is 5. The molecule has 0 aromatic rings. The van der Waals surface area contributed by atoms with Gasteiger partial charge in [0.15, 0.2) is 5.78 Å². The predicted molar refractivity (Wildman–Crippen MR) is 82.8 cm³/mol. The highest BCUT2D eigenvalue weighted by Crippen LogP contribution is 2.64. The second-order valence-corrected chi connectivity index (χ2v) is 8.31. The molecular weight excluding hydrogens is 260 g/mol. The third-order valence-corrected chi connectivity index (χ3v) is 7.49. The third kappa shape index (κ3) is 1.68. The Morgan fingerprint density at radius 3 is 2.71 bits per heavy atom. The molecule has 4 aliphatic carbocycles. The second kappa shape index (κ2) is 4.24. The summed E-state index contributed by atoms with van der Waals surface area (Å²) in [6.45, 7) is 4.64. The van der Waals surface area contributed by atoms with Crippen LogP contribution in [0.4, 0.5) is 0 Å². The van der Waals surface area contributed by atoms with Crippen molar-refractivity contribution >= 4 is 5.78 Å². The van der Waals surface area contributed by atoms with Gasteiger partial charge in [-0.25, -0.2) is 0 Å². The average molecular weight is 286 g/mol. The zero-order valence-corrected chi connectivity index (χ0v) is 13.2. The van der Waals surface area contributed by atoms with Crippen molar-refractivity contribution in [2.45, 2.75) is 58.8 Å². The maximum Gasteiger partial charge on any atom is 0.169 e. The van der Waals surface area contributed by atoms with Crippen molar-refractivity contribution in [1.82, 2.24) is 0 Å². The van der Waals surface area contributed by atoms with Crippen molar-refractivity contribution in [2.24, 2.45) is 28.6 Å². The van der Waals surface area contributed by atoms with Crippen molar-refractivity contribution in [3.63, 3.8) is 0 Å². The average Bonchev–Trinajstić information content (AvgIpc) is 2.82. The maximum atomic E-state index is 12.7. The minimum absolute atomic E-state index is 0.147. The molecule has 1 N–H and O–H groups in total. The number of allylic oxidation sites excluding steroid dienone is 3. The fourth-order valence-corrected chi connectivity index (χ4v) is 6.29. The van der Waals surface area contributed by atoms with Crippen LogP contribution in [0.25, 0.3) is 0 Å². The summed E-state index contributed by atoms with van der Waals surface area (Å²) in [7, 11) is 0. The molecule has 4 rings (SSSR count). The van der Waals surface area contributed by atoms with E-state index in [4.69, 9.17) is 0 Å². The molecule has 0 radical (unpaired) electrons. The molecular formula is C19H26O2. The SMILES string of the molecule is CC12CCCC1C1CCC3=CC(O)=CC(=O)C3(C)C1CC2. The molecule has 0 spiro atoms. The van der Waals surface area contributed by atoms with E-state index in [1.807, 2.05) is 6.08 Å². The highest BCUT2D eigenvalue weighted by atomic mass is 16.3. The smallest absolute Gasteiger partial charge is 0.169 e. The standard InChI is InChI=1S/C19H26O2/c1-18-8-3-4-15(18)14-6-5-12-10-13(20)11-17(21)19(12,2)16(14)7-9-18/h10-11,14-16,20H,3-9H2,1-2H3. The van der Waals surface area contributed by atoms with Crippen LogP contribution < -0.4 is 0 Å². The summed E-state index contributed by atoms with van der Waals surface area (Å²) < 4.78 is 0. The Morgan fingerprint density at radius 1 is 1.10 bits per heavy atom. The van der Waals surface area contributed by atoms with Gasteiger partial charge in [-0.3, -0.25) is 4.79 Å². The summed E-state index contributed by atoms with van der Waals surface area (Å²) in [6, 6.07) is 0. The van der Waals surface area contributed by atoms with E-state index in [0.717, 1.165) is 12.3 Å². The summed E-state index contributed by atoms with van der Waals surface area (Å²) in [6.07, 6.45) is 12.1. The van der Waals surface area contributed by atoms with Crippen LogP contribution in [0.15, 0.2) is 23.5 Å². The molecule has 5 unspecified atom stereocenters. The van der Waals surface area contributed by atoms with Gasteiger partial charge in [0.25, 0.3) is 0 Å². The van der Waals surface area contributed by atoms with Crippen molar-refractivity contribution in [3.05, 3.63) is 23.5 Å². The minimum atomic E-state index is -0.334. The molecule has 2 nitrogen and oxygen atoms in total. The Hall–Kier alpha value is -1.05. The number of ketones is 1. The number of hydrogen-bond donors (Lipinski definition) is 1. The number of hydrogen-bond acceptors (Lipinski definition) is 2. The monoisotopic (exact) mass is 286 g/mol. The van der Waals surface area contributed by atoms with E-state index in [0.29, 0.717) is 17.3 Å². The Balaban J connectivity index is 1.74. The molecule has 3 saturated carbocycles. The van der Waals surface area contributed by atoms with E-state index in [2.05, 4.69) is 13.8 Å². The molecule has 21 heavy (non-hydrogen) atoms. The zero-order valence-electron chi connectivity index (χ0n) is 13.2. The first kappa shape index (κ1) is 13.6. The third-order valence-electron chi connectivity index (χ3n) is 7.49.